The highest BCUT2D eigenvalue weighted by molar-refractivity contribution is 5.96. The first kappa shape index (κ1) is 18.5. The van der Waals surface area contributed by atoms with Crippen molar-refractivity contribution in [1.82, 2.24) is 10.2 Å². The minimum Gasteiger partial charge on any atom is -0.397 e. The predicted molar refractivity (Wildman–Crippen MR) is 98.4 cm³/mol. The van der Waals surface area contributed by atoms with Gasteiger partial charge >= 0.3 is 0 Å². The van der Waals surface area contributed by atoms with Gasteiger partial charge in [0.25, 0.3) is 5.91 Å². The number of rotatable bonds is 8. The first-order valence-corrected chi connectivity index (χ1v) is 8.78. The number of hydrogen-bond acceptors (Lipinski definition) is 5. The van der Waals surface area contributed by atoms with E-state index in [4.69, 9.17) is 10.5 Å². The lowest BCUT2D eigenvalue weighted by atomic mass is 10.1. The van der Waals surface area contributed by atoms with E-state index >= 15 is 0 Å². The van der Waals surface area contributed by atoms with Gasteiger partial charge in [0.1, 0.15) is 0 Å². The predicted octanol–water partition coefficient (Wildman–Crippen LogP) is 1.79. The molecule has 1 fully saturated rings. The van der Waals surface area contributed by atoms with Gasteiger partial charge in [-0.1, -0.05) is 13.8 Å². The van der Waals surface area contributed by atoms with Crippen molar-refractivity contribution in [2.24, 2.45) is 5.92 Å². The topological polar surface area (TPSA) is 79.6 Å². The minimum absolute atomic E-state index is 0.0748. The number of ether oxygens (including phenoxy) is 1. The van der Waals surface area contributed by atoms with Crippen molar-refractivity contribution in [1.29, 1.82) is 0 Å². The van der Waals surface area contributed by atoms with Crippen LogP contribution in [0.4, 0.5) is 11.4 Å². The molecule has 0 bridgehead atoms. The third kappa shape index (κ3) is 6.02. The average molecular weight is 334 g/mol. The molecule has 134 valence electrons. The number of hydrogen-bond donors (Lipinski definition) is 3. The Morgan fingerprint density at radius 1 is 1.33 bits per heavy atom. The zero-order valence-electron chi connectivity index (χ0n) is 14.8. The van der Waals surface area contributed by atoms with Crippen LogP contribution in [0.1, 0.15) is 30.6 Å². The monoisotopic (exact) mass is 334 g/mol. The smallest absolute Gasteiger partial charge is 0.251 e. The van der Waals surface area contributed by atoms with E-state index in [1.807, 2.05) is 12.1 Å². The molecule has 1 aliphatic heterocycles. The average Bonchev–Trinajstić information content (AvgIpc) is 2.58. The Hall–Kier alpha value is -1.79. The van der Waals surface area contributed by atoms with Crippen molar-refractivity contribution in [3.05, 3.63) is 23.8 Å². The molecule has 1 amide bonds. The van der Waals surface area contributed by atoms with E-state index in [1.54, 1.807) is 6.07 Å². The Bertz CT molecular complexity index is 528. The van der Waals surface area contributed by atoms with E-state index in [-0.39, 0.29) is 5.91 Å². The summed E-state index contributed by atoms with van der Waals surface area (Å²) < 4.78 is 5.35. The molecule has 6 heteroatoms. The van der Waals surface area contributed by atoms with E-state index in [0.29, 0.717) is 23.7 Å². The molecule has 0 spiro atoms. The molecule has 0 aliphatic carbocycles. The number of nitrogens with zero attached hydrogens (tertiary/aromatic N) is 1. The number of benzene rings is 1. The Labute approximate surface area is 144 Å². The molecule has 0 radical (unpaired) electrons. The molecule has 1 aromatic carbocycles. The van der Waals surface area contributed by atoms with Crippen LogP contribution in [0, 0.1) is 5.92 Å². The van der Waals surface area contributed by atoms with Gasteiger partial charge in [0, 0.05) is 31.7 Å². The summed E-state index contributed by atoms with van der Waals surface area (Å²) in [5, 5.41) is 6.26. The van der Waals surface area contributed by atoms with Crippen LogP contribution in [0.25, 0.3) is 0 Å². The maximum Gasteiger partial charge on any atom is 0.251 e. The molecule has 1 aromatic rings. The third-order valence-electron chi connectivity index (χ3n) is 4.05. The van der Waals surface area contributed by atoms with Crippen LogP contribution in [0.2, 0.25) is 0 Å². The van der Waals surface area contributed by atoms with Gasteiger partial charge in [-0.3, -0.25) is 9.69 Å². The maximum atomic E-state index is 12.0. The molecular formula is C18H30N4O2. The number of morpholine rings is 1. The SMILES string of the molecule is CC(C)CNC(=O)c1ccc(NCCCN2CCOCC2)c(N)c1. The molecular weight excluding hydrogens is 304 g/mol. The fourth-order valence-electron chi connectivity index (χ4n) is 2.61. The van der Waals surface area contributed by atoms with Crippen LogP contribution in [-0.4, -0.2) is 56.7 Å². The molecule has 6 nitrogen and oxygen atoms in total. The molecule has 0 atom stereocenters. The zero-order chi connectivity index (χ0) is 17.4. The summed E-state index contributed by atoms with van der Waals surface area (Å²) in [6, 6.07) is 5.44. The molecule has 1 saturated heterocycles. The second-order valence-electron chi connectivity index (χ2n) is 6.64. The number of carbonyl (C=O) groups excluding carboxylic acids is 1. The molecule has 1 aliphatic rings. The molecule has 0 aromatic heterocycles. The maximum absolute atomic E-state index is 12.0. The summed E-state index contributed by atoms with van der Waals surface area (Å²) in [6.45, 7) is 10.4. The summed E-state index contributed by atoms with van der Waals surface area (Å²) in [5.74, 6) is 0.355. The van der Waals surface area contributed by atoms with Gasteiger partial charge in [0.05, 0.1) is 24.6 Å². The zero-order valence-corrected chi connectivity index (χ0v) is 14.8. The lowest BCUT2D eigenvalue weighted by Crippen LogP contribution is -2.37. The summed E-state index contributed by atoms with van der Waals surface area (Å²) in [7, 11) is 0. The van der Waals surface area contributed by atoms with Gasteiger partial charge in [-0.2, -0.15) is 0 Å². The quantitative estimate of drug-likeness (QED) is 0.499. The third-order valence-corrected chi connectivity index (χ3v) is 4.05. The van der Waals surface area contributed by atoms with E-state index in [1.165, 1.54) is 0 Å². The van der Waals surface area contributed by atoms with Gasteiger partial charge in [-0.15, -0.1) is 0 Å². The summed E-state index contributed by atoms with van der Waals surface area (Å²) in [5.41, 5.74) is 8.17. The molecule has 4 N–H and O–H groups in total. The lowest BCUT2D eigenvalue weighted by Gasteiger charge is -2.26. The molecule has 0 unspecified atom stereocenters. The van der Waals surface area contributed by atoms with Crippen LogP contribution in [0.3, 0.4) is 0 Å². The van der Waals surface area contributed by atoms with Gasteiger partial charge < -0.3 is 21.1 Å². The van der Waals surface area contributed by atoms with E-state index < -0.39 is 0 Å². The summed E-state index contributed by atoms with van der Waals surface area (Å²) in [4.78, 5) is 14.5. The van der Waals surface area contributed by atoms with E-state index in [9.17, 15) is 4.79 Å². The standard InChI is InChI=1S/C18H30N4O2/c1-14(2)13-21-18(23)15-4-5-17(16(19)12-15)20-6-3-7-22-8-10-24-11-9-22/h4-5,12,14,20H,3,6-11,13,19H2,1-2H3,(H,21,23). The number of nitrogens with two attached hydrogens (primary N) is 1. The second-order valence-corrected chi connectivity index (χ2v) is 6.64. The van der Waals surface area contributed by atoms with Crippen molar-refractivity contribution in [2.45, 2.75) is 20.3 Å². The van der Waals surface area contributed by atoms with Crippen molar-refractivity contribution in [3.8, 4) is 0 Å². The van der Waals surface area contributed by atoms with Crippen LogP contribution < -0.4 is 16.4 Å². The van der Waals surface area contributed by atoms with Crippen LogP contribution in [0.5, 0.6) is 0 Å². The number of nitrogen functional groups attached to an aromatic ring is 1. The molecule has 24 heavy (non-hydrogen) atoms. The first-order valence-electron chi connectivity index (χ1n) is 8.78. The number of amides is 1. The van der Waals surface area contributed by atoms with Gasteiger partial charge in [-0.05, 0) is 37.1 Å². The van der Waals surface area contributed by atoms with Crippen molar-refractivity contribution in [2.75, 3.05) is 57.0 Å². The fourth-order valence-corrected chi connectivity index (χ4v) is 2.61. The van der Waals surface area contributed by atoms with Crippen LogP contribution >= 0.6 is 0 Å². The Kier molecular flexibility index (Phi) is 7.34. The Morgan fingerprint density at radius 2 is 2.08 bits per heavy atom. The number of anilines is 2. The number of carbonyl (C=O) groups is 1. The first-order chi connectivity index (χ1) is 11.6. The minimum atomic E-state index is -0.0748. The largest absolute Gasteiger partial charge is 0.397 e. The Morgan fingerprint density at radius 3 is 2.75 bits per heavy atom. The molecule has 2 rings (SSSR count). The highest BCUT2D eigenvalue weighted by atomic mass is 16.5. The van der Waals surface area contributed by atoms with Gasteiger partial charge in [0.2, 0.25) is 0 Å². The van der Waals surface area contributed by atoms with Crippen LogP contribution in [0.15, 0.2) is 18.2 Å². The second kappa shape index (κ2) is 9.49. The van der Waals surface area contributed by atoms with Crippen molar-refractivity contribution >= 4 is 17.3 Å². The fraction of sp³-hybridized carbons (Fsp3) is 0.611. The molecule has 0 saturated carbocycles. The normalized spacial score (nSPS) is 15.5. The van der Waals surface area contributed by atoms with Crippen LogP contribution in [-0.2, 0) is 4.74 Å². The lowest BCUT2D eigenvalue weighted by molar-refractivity contribution is 0.0378. The highest BCUT2D eigenvalue weighted by Gasteiger charge is 2.10. The van der Waals surface area contributed by atoms with Crippen molar-refractivity contribution < 1.29 is 9.53 Å². The summed E-state index contributed by atoms with van der Waals surface area (Å²) >= 11 is 0. The molecule has 1 heterocycles. The van der Waals surface area contributed by atoms with E-state index in [0.717, 1.165) is 51.5 Å². The Balaban J connectivity index is 1.76. The number of nitrogens with one attached hydrogen (secondary N) is 2. The highest BCUT2D eigenvalue weighted by Crippen LogP contribution is 2.20. The van der Waals surface area contributed by atoms with Gasteiger partial charge in [0.15, 0.2) is 0 Å². The van der Waals surface area contributed by atoms with E-state index in [2.05, 4.69) is 29.4 Å². The van der Waals surface area contributed by atoms with Crippen molar-refractivity contribution in [3.63, 3.8) is 0 Å². The summed E-state index contributed by atoms with van der Waals surface area (Å²) in [6.07, 6.45) is 1.05. The van der Waals surface area contributed by atoms with Gasteiger partial charge in [-0.25, -0.2) is 0 Å².